The number of nitrogens with zero attached hydrogens (tertiary/aromatic N) is 1. The Kier molecular flexibility index (Phi) is 9.08. The van der Waals surface area contributed by atoms with Crippen molar-refractivity contribution in [1.29, 1.82) is 5.26 Å². The average Bonchev–Trinajstić information content (AvgIpc) is 2.73. The first-order valence-electron chi connectivity index (χ1n) is 10.6. The van der Waals surface area contributed by atoms with Crippen molar-refractivity contribution in [3.63, 3.8) is 0 Å². The number of carbonyl (C=O) groups excluding carboxylic acids is 2. The van der Waals surface area contributed by atoms with Gasteiger partial charge in [0.1, 0.15) is 5.75 Å². The first-order valence-corrected chi connectivity index (χ1v) is 10.6. The number of amides is 2. The average molecular weight is 422 g/mol. The molecule has 2 amide bonds. The van der Waals surface area contributed by atoms with Crippen LogP contribution in [-0.2, 0) is 16.0 Å². The maximum atomic E-state index is 12.7. The van der Waals surface area contributed by atoms with Crippen molar-refractivity contribution in [2.45, 2.75) is 46.6 Å². The zero-order valence-corrected chi connectivity index (χ0v) is 18.6. The summed E-state index contributed by atoms with van der Waals surface area (Å²) in [6, 6.07) is 16.2. The smallest absolute Gasteiger partial charge is 0.313 e. The molecule has 164 valence electrons. The standard InChI is InChI=1S/C25H31N3O3/c1-17(2)15-22(21-7-5-6-8-23(21)31-16-18(3)4)28-25(30)24(29)27-20-11-9-19(10-12-20)13-14-26/h5-12,17-18,22H,13,15-16H2,1-4H3,(H,27,29)(H,28,30). The molecule has 0 radical (unpaired) electrons. The van der Waals surface area contributed by atoms with Gasteiger partial charge in [-0.3, -0.25) is 9.59 Å². The molecule has 2 N–H and O–H groups in total. The van der Waals surface area contributed by atoms with Crippen LogP contribution in [0.15, 0.2) is 48.5 Å². The Balaban J connectivity index is 2.12. The minimum Gasteiger partial charge on any atom is -0.493 e. The number of anilines is 1. The van der Waals surface area contributed by atoms with E-state index in [1.54, 1.807) is 24.3 Å². The van der Waals surface area contributed by atoms with Crippen LogP contribution in [0.2, 0.25) is 0 Å². The molecule has 0 spiro atoms. The lowest BCUT2D eigenvalue weighted by Crippen LogP contribution is -2.38. The number of hydrogen-bond acceptors (Lipinski definition) is 4. The van der Waals surface area contributed by atoms with Crippen molar-refractivity contribution in [2.24, 2.45) is 11.8 Å². The van der Waals surface area contributed by atoms with Gasteiger partial charge in [0, 0.05) is 11.3 Å². The van der Waals surface area contributed by atoms with Gasteiger partial charge in [0.05, 0.1) is 25.1 Å². The van der Waals surface area contributed by atoms with Crippen LogP contribution in [0.3, 0.4) is 0 Å². The van der Waals surface area contributed by atoms with Crippen LogP contribution in [0.1, 0.15) is 51.3 Å². The van der Waals surface area contributed by atoms with Crippen molar-refractivity contribution >= 4 is 17.5 Å². The summed E-state index contributed by atoms with van der Waals surface area (Å²) in [5.41, 5.74) is 2.21. The van der Waals surface area contributed by atoms with Crippen molar-refractivity contribution in [3.05, 3.63) is 59.7 Å². The number of rotatable bonds is 9. The second-order valence-corrected chi connectivity index (χ2v) is 8.38. The van der Waals surface area contributed by atoms with E-state index in [2.05, 4.69) is 44.4 Å². The van der Waals surface area contributed by atoms with Gasteiger partial charge < -0.3 is 15.4 Å². The fourth-order valence-corrected chi connectivity index (χ4v) is 3.10. The molecule has 0 aliphatic heterocycles. The topological polar surface area (TPSA) is 91.2 Å². The van der Waals surface area contributed by atoms with Gasteiger partial charge in [0.2, 0.25) is 0 Å². The lowest BCUT2D eigenvalue weighted by atomic mass is 9.96. The number of carbonyl (C=O) groups is 2. The predicted molar refractivity (Wildman–Crippen MR) is 122 cm³/mol. The molecule has 0 saturated heterocycles. The minimum absolute atomic E-state index is 0.296. The summed E-state index contributed by atoms with van der Waals surface area (Å²) in [6.45, 7) is 8.86. The summed E-state index contributed by atoms with van der Waals surface area (Å²) < 4.78 is 5.96. The van der Waals surface area contributed by atoms with E-state index in [-0.39, 0.29) is 6.04 Å². The van der Waals surface area contributed by atoms with Crippen LogP contribution >= 0.6 is 0 Å². The Morgan fingerprint density at radius 1 is 0.968 bits per heavy atom. The number of nitriles is 1. The molecule has 1 unspecified atom stereocenters. The highest BCUT2D eigenvalue weighted by Crippen LogP contribution is 2.30. The summed E-state index contributed by atoms with van der Waals surface area (Å²) in [4.78, 5) is 25.1. The summed E-state index contributed by atoms with van der Waals surface area (Å²) in [7, 11) is 0. The summed E-state index contributed by atoms with van der Waals surface area (Å²) in [5, 5.41) is 14.2. The number of hydrogen-bond donors (Lipinski definition) is 2. The molecule has 0 bridgehead atoms. The normalized spacial score (nSPS) is 11.6. The monoisotopic (exact) mass is 421 g/mol. The number of ether oxygens (including phenoxy) is 1. The molecule has 2 aromatic rings. The van der Waals surface area contributed by atoms with Crippen molar-refractivity contribution < 1.29 is 14.3 Å². The van der Waals surface area contributed by atoms with E-state index in [4.69, 9.17) is 10.00 Å². The third kappa shape index (κ3) is 7.78. The van der Waals surface area contributed by atoms with Crippen LogP contribution in [0.4, 0.5) is 5.69 Å². The van der Waals surface area contributed by atoms with Crippen molar-refractivity contribution in [2.75, 3.05) is 11.9 Å². The third-order valence-electron chi connectivity index (χ3n) is 4.58. The van der Waals surface area contributed by atoms with Gasteiger partial charge in [-0.15, -0.1) is 0 Å². The van der Waals surface area contributed by atoms with E-state index in [0.29, 0.717) is 37.0 Å². The zero-order valence-electron chi connectivity index (χ0n) is 18.6. The van der Waals surface area contributed by atoms with Gasteiger partial charge in [-0.2, -0.15) is 5.26 Å². The molecular weight excluding hydrogens is 390 g/mol. The van der Waals surface area contributed by atoms with Crippen molar-refractivity contribution in [3.8, 4) is 11.8 Å². The molecule has 0 fully saturated rings. The molecular formula is C25H31N3O3. The second-order valence-electron chi connectivity index (χ2n) is 8.38. The molecule has 2 aromatic carbocycles. The van der Waals surface area contributed by atoms with Gasteiger partial charge in [-0.1, -0.05) is 58.0 Å². The molecule has 6 nitrogen and oxygen atoms in total. The largest absolute Gasteiger partial charge is 0.493 e. The Labute approximate surface area is 184 Å². The van der Waals surface area contributed by atoms with Crippen LogP contribution in [0, 0.1) is 23.2 Å². The van der Waals surface area contributed by atoms with E-state index < -0.39 is 11.8 Å². The molecule has 0 aliphatic rings. The van der Waals surface area contributed by atoms with Gasteiger partial charge >= 0.3 is 11.8 Å². The molecule has 2 rings (SSSR count). The highest BCUT2D eigenvalue weighted by Gasteiger charge is 2.23. The predicted octanol–water partition coefficient (Wildman–Crippen LogP) is 4.63. The van der Waals surface area contributed by atoms with Crippen molar-refractivity contribution in [1.82, 2.24) is 5.32 Å². The fourth-order valence-electron chi connectivity index (χ4n) is 3.10. The van der Waals surface area contributed by atoms with E-state index in [0.717, 1.165) is 16.9 Å². The van der Waals surface area contributed by atoms with E-state index >= 15 is 0 Å². The minimum atomic E-state index is -0.734. The van der Waals surface area contributed by atoms with Crippen LogP contribution in [0.25, 0.3) is 0 Å². The highest BCUT2D eigenvalue weighted by atomic mass is 16.5. The van der Waals surface area contributed by atoms with Gasteiger partial charge in [-0.05, 0) is 42.0 Å². The Morgan fingerprint density at radius 2 is 1.65 bits per heavy atom. The van der Waals surface area contributed by atoms with Gasteiger partial charge in [0.25, 0.3) is 0 Å². The molecule has 0 aliphatic carbocycles. The first kappa shape index (κ1) is 23.9. The maximum absolute atomic E-state index is 12.7. The molecule has 0 aromatic heterocycles. The quantitative estimate of drug-likeness (QED) is 0.578. The summed E-state index contributed by atoms with van der Waals surface area (Å²) in [5.74, 6) is -0.0425. The molecule has 0 saturated carbocycles. The molecule has 31 heavy (non-hydrogen) atoms. The number of nitrogens with one attached hydrogen (secondary N) is 2. The molecule has 0 heterocycles. The Morgan fingerprint density at radius 3 is 2.26 bits per heavy atom. The summed E-state index contributed by atoms with van der Waals surface area (Å²) >= 11 is 0. The van der Waals surface area contributed by atoms with Crippen LogP contribution in [0.5, 0.6) is 5.75 Å². The van der Waals surface area contributed by atoms with Gasteiger partial charge in [0.15, 0.2) is 0 Å². The zero-order chi connectivity index (χ0) is 22.8. The number of benzene rings is 2. The molecule has 1 atom stereocenters. The second kappa shape index (κ2) is 11.8. The molecule has 6 heteroatoms. The van der Waals surface area contributed by atoms with E-state index in [1.165, 1.54) is 0 Å². The Bertz CT molecular complexity index is 914. The SMILES string of the molecule is CC(C)COc1ccccc1C(CC(C)C)NC(=O)C(=O)Nc1ccc(CC#N)cc1. The highest BCUT2D eigenvalue weighted by molar-refractivity contribution is 6.39. The summed E-state index contributed by atoms with van der Waals surface area (Å²) in [6.07, 6.45) is 0.966. The lowest BCUT2D eigenvalue weighted by molar-refractivity contribution is -0.136. The fraction of sp³-hybridized carbons (Fsp3) is 0.400. The van der Waals surface area contributed by atoms with E-state index in [1.807, 2.05) is 24.3 Å². The lowest BCUT2D eigenvalue weighted by Gasteiger charge is -2.23. The van der Waals surface area contributed by atoms with Crippen LogP contribution < -0.4 is 15.4 Å². The Hall–Kier alpha value is -3.33. The first-order chi connectivity index (χ1) is 14.8. The van der Waals surface area contributed by atoms with E-state index in [9.17, 15) is 9.59 Å². The number of para-hydroxylation sites is 1. The van der Waals surface area contributed by atoms with Gasteiger partial charge in [-0.25, -0.2) is 0 Å². The third-order valence-corrected chi connectivity index (χ3v) is 4.58. The van der Waals surface area contributed by atoms with Crippen LogP contribution in [-0.4, -0.2) is 18.4 Å². The maximum Gasteiger partial charge on any atom is 0.313 e.